The molecule has 1 saturated heterocycles. The van der Waals surface area contributed by atoms with E-state index in [2.05, 4.69) is 10.3 Å². The first-order chi connectivity index (χ1) is 18.8. The molecule has 1 aromatic carbocycles. The summed E-state index contributed by atoms with van der Waals surface area (Å²) < 4.78 is 77.2. The zero-order valence-electron chi connectivity index (χ0n) is 20.6. The topological polar surface area (TPSA) is 91.4 Å². The van der Waals surface area contributed by atoms with Gasteiger partial charge >= 0.3 is 18.3 Å². The van der Waals surface area contributed by atoms with E-state index in [4.69, 9.17) is 0 Å². The van der Waals surface area contributed by atoms with Crippen LogP contribution < -0.4 is 15.5 Å². The number of piperidine rings is 1. The second-order valence-electron chi connectivity index (χ2n) is 9.13. The predicted octanol–water partition coefficient (Wildman–Crippen LogP) is 6.05. The number of hydrogen-bond acceptors (Lipinski definition) is 7. The SMILES string of the molecule is O=C(Nc1ccccc1N1CCC(CCC(=O)C(F)(F)F)(NC(=O)C(F)(F)F)CC1)c1csc(-c2cccs2)n1. The van der Waals surface area contributed by atoms with E-state index in [0.717, 1.165) is 4.88 Å². The molecule has 1 fully saturated rings. The third-order valence-electron chi connectivity index (χ3n) is 6.47. The van der Waals surface area contributed by atoms with E-state index in [-0.39, 0.29) is 31.6 Å². The van der Waals surface area contributed by atoms with Crippen molar-refractivity contribution in [1.29, 1.82) is 0 Å². The minimum Gasteiger partial charge on any atom is -0.370 e. The molecule has 0 bridgehead atoms. The molecule has 0 saturated carbocycles. The van der Waals surface area contributed by atoms with Gasteiger partial charge in [-0.2, -0.15) is 26.3 Å². The highest BCUT2D eigenvalue weighted by atomic mass is 32.1. The molecule has 0 spiro atoms. The Morgan fingerprint density at radius 3 is 2.27 bits per heavy atom. The molecule has 2 aromatic heterocycles. The number of carbonyl (C=O) groups is 3. The van der Waals surface area contributed by atoms with Crippen molar-refractivity contribution in [3.05, 3.63) is 52.9 Å². The Bertz CT molecular complexity index is 1360. The van der Waals surface area contributed by atoms with Crippen LogP contribution in [0.25, 0.3) is 9.88 Å². The molecule has 0 atom stereocenters. The number of nitrogens with one attached hydrogen (secondary N) is 2. The summed E-state index contributed by atoms with van der Waals surface area (Å²) in [5, 5.41) is 8.83. The quantitative estimate of drug-likeness (QED) is 0.306. The summed E-state index contributed by atoms with van der Waals surface area (Å²) in [5.41, 5.74) is -0.532. The van der Waals surface area contributed by atoms with Crippen molar-refractivity contribution in [2.45, 2.75) is 43.6 Å². The number of ketones is 1. The van der Waals surface area contributed by atoms with Crippen LogP contribution in [-0.4, -0.2) is 53.6 Å². The lowest BCUT2D eigenvalue weighted by atomic mass is 9.82. The van der Waals surface area contributed by atoms with E-state index < -0.39 is 48.3 Å². The molecule has 1 aliphatic rings. The minimum atomic E-state index is -5.24. The molecular formula is C25H22F6N4O3S2. The maximum atomic E-state index is 13.0. The highest BCUT2D eigenvalue weighted by molar-refractivity contribution is 7.20. The van der Waals surface area contributed by atoms with Crippen molar-refractivity contribution >= 4 is 51.6 Å². The molecule has 0 aliphatic carbocycles. The summed E-state index contributed by atoms with van der Waals surface area (Å²) in [7, 11) is 0. The number of hydrogen-bond donors (Lipinski definition) is 2. The number of nitrogens with zero attached hydrogens (tertiary/aromatic N) is 2. The van der Waals surface area contributed by atoms with Gasteiger partial charge in [-0.15, -0.1) is 22.7 Å². The molecular weight excluding hydrogens is 582 g/mol. The summed E-state index contributed by atoms with van der Waals surface area (Å²) >= 11 is 2.80. The Hall–Kier alpha value is -3.46. The lowest BCUT2D eigenvalue weighted by Crippen LogP contribution is -2.58. The van der Waals surface area contributed by atoms with Gasteiger partial charge in [-0.05, 0) is 42.8 Å². The minimum absolute atomic E-state index is 0.0461. The molecule has 4 rings (SSSR count). The molecule has 0 radical (unpaired) electrons. The third-order valence-corrected chi connectivity index (χ3v) is 8.35. The lowest BCUT2D eigenvalue weighted by Gasteiger charge is -2.43. The van der Waals surface area contributed by atoms with E-state index >= 15 is 0 Å². The lowest BCUT2D eigenvalue weighted by molar-refractivity contribution is -0.177. The summed E-state index contributed by atoms with van der Waals surface area (Å²) in [4.78, 5) is 43.1. The zero-order valence-corrected chi connectivity index (χ0v) is 22.2. The molecule has 40 heavy (non-hydrogen) atoms. The molecule has 214 valence electrons. The summed E-state index contributed by atoms with van der Waals surface area (Å²) in [6.45, 7) is 0.0922. The van der Waals surface area contributed by atoms with E-state index in [1.165, 1.54) is 22.7 Å². The summed E-state index contributed by atoms with van der Waals surface area (Å²) in [6, 6.07) is 10.4. The maximum Gasteiger partial charge on any atom is 0.471 e. The van der Waals surface area contributed by atoms with Gasteiger partial charge in [0.1, 0.15) is 10.7 Å². The standard InChI is InChI=1S/C25H22F6N4O3S2/c26-24(27,28)19(36)7-8-23(34-22(38)25(29,30)31)9-11-35(12-10-23)17-5-2-1-4-15(17)32-20(37)16-14-40-21(33-16)18-6-3-13-39-18/h1-6,13-14H,7-12H2,(H,32,37)(H,34,38). The average molecular weight is 605 g/mol. The fourth-order valence-electron chi connectivity index (χ4n) is 4.35. The number of thiophene rings is 1. The first-order valence-electron chi connectivity index (χ1n) is 11.9. The number of carbonyl (C=O) groups excluding carboxylic acids is 3. The van der Waals surface area contributed by atoms with Crippen LogP contribution in [0.3, 0.4) is 0 Å². The Labute approximate surface area is 232 Å². The van der Waals surface area contributed by atoms with E-state index in [1.807, 2.05) is 22.8 Å². The highest BCUT2D eigenvalue weighted by Gasteiger charge is 2.46. The van der Waals surface area contributed by atoms with Gasteiger partial charge in [0.25, 0.3) is 5.91 Å². The van der Waals surface area contributed by atoms with Gasteiger partial charge in [0.05, 0.1) is 16.3 Å². The predicted molar refractivity (Wildman–Crippen MR) is 138 cm³/mol. The van der Waals surface area contributed by atoms with Crippen LogP contribution in [-0.2, 0) is 9.59 Å². The van der Waals surface area contributed by atoms with E-state index in [9.17, 15) is 40.7 Å². The number of halogens is 6. The number of alkyl halides is 6. The van der Waals surface area contributed by atoms with Gasteiger partial charge in [-0.25, -0.2) is 4.98 Å². The number of Topliss-reactive ketones (excluding diaryl/α,β-unsaturated/α-hetero) is 1. The van der Waals surface area contributed by atoms with Gasteiger partial charge in [0.15, 0.2) is 0 Å². The first kappa shape index (κ1) is 29.5. The molecule has 7 nitrogen and oxygen atoms in total. The zero-order chi connectivity index (χ0) is 29.1. The largest absolute Gasteiger partial charge is 0.471 e. The number of thiazole rings is 1. The molecule has 0 unspecified atom stereocenters. The van der Waals surface area contributed by atoms with Crippen LogP contribution in [0.15, 0.2) is 47.2 Å². The van der Waals surface area contributed by atoms with Gasteiger partial charge < -0.3 is 15.5 Å². The van der Waals surface area contributed by atoms with Crippen LogP contribution in [0.5, 0.6) is 0 Å². The van der Waals surface area contributed by atoms with Gasteiger partial charge in [0, 0.05) is 30.4 Å². The monoisotopic (exact) mass is 604 g/mol. The van der Waals surface area contributed by atoms with E-state index in [0.29, 0.717) is 16.4 Å². The van der Waals surface area contributed by atoms with Crippen molar-refractivity contribution in [2.24, 2.45) is 0 Å². The van der Waals surface area contributed by atoms with Crippen molar-refractivity contribution in [3.8, 4) is 9.88 Å². The Morgan fingerprint density at radius 2 is 1.65 bits per heavy atom. The maximum absolute atomic E-state index is 13.0. The van der Waals surface area contributed by atoms with Gasteiger partial charge in [-0.3, -0.25) is 14.4 Å². The molecule has 3 aromatic rings. The van der Waals surface area contributed by atoms with E-state index in [1.54, 1.807) is 34.5 Å². The van der Waals surface area contributed by atoms with Gasteiger partial charge in [-0.1, -0.05) is 18.2 Å². The second kappa shape index (κ2) is 11.6. The molecule has 3 heterocycles. The normalized spacial score (nSPS) is 15.5. The number of anilines is 2. The Kier molecular flexibility index (Phi) is 8.54. The van der Waals surface area contributed by atoms with Gasteiger partial charge in [0.2, 0.25) is 5.78 Å². The molecule has 15 heteroatoms. The summed E-state index contributed by atoms with van der Waals surface area (Å²) in [5.74, 6) is -4.83. The van der Waals surface area contributed by atoms with Crippen LogP contribution in [0.1, 0.15) is 36.2 Å². The smallest absolute Gasteiger partial charge is 0.370 e. The molecule has 2 N–H and O–H groups in total. The number of aromatic nitrogens is 1. The fraction of sp³-hybridized carbons (Fsp3) is 0.360. The molecule has 1 aliphatic heterocycles. The fourth-order valence-corrected chi connectivity index (χ4v) is 5.97. The van der Waals surface area contributed by atoms with Crippen molar-refractivity contribution < 1.29 is 40.7 Å². The van der Waals surface area contributed by atoms with Crippen LogP contribution in [0.2, 0.25) is 0 Å². The number of benzene rings is 1. The molecule has 2 amide bonds. The van der Waals surface area contributed by atoms with Crippen molar-refractivity contribution in [3.63, 3.8) is 0 Å². The summed E-state index contributed by atoms with van der Waals surface area (Å²) in [6.07, 6.45) is -12.3. The Morgan fingerprint density at radius 1 is 0.950 bits per heavy atom. The van der Waals surface area contributed by atoms with Crippen molar-refractivity contribution in [1.82, 2.24) is 10.3 Å². The number of rotatable bonds is 8. The van der Waals surface area contributed by atoms with Crippen LogP contribution >= 0.6 is 22.7 Å². The second-order valence-corrected chi connectivity index (χ2v) is 10.9. The first-order valence-corrected chi connectivity index (χ1v) is 13.7. The third kappa shape index (κ3) is 6.99. The van der Waals surface area contributed by atoms with Crippen LogP contribution in [0.4, 0.5) is 37.7 Å². The average Bonchev–Trinajstić information content (AvgIpc) is 3.60. The number of amides is 2. The Balaban J connectivity index is 1.48. The van der Waals surface area contributed by atoms with Crippen LogP contribution in [0, 0.1) is 0 Å². The number of para-hydroxylation sites is 2. The highest BCUT2D eigenvalue weighted by Crippen LogP contribution is 2.36. The van der Waals surface area contributed by atoms with Crippen molar-refractivity contribution in [2.75, 3.05) is 23.3 Å².